The number of ether oxygens (including phenoxy) is 2. The zero-order valence-corrected chi connectivity index (χ0v) is 16.1. The van der Waals surface area contributed by atoms with Crippen LogP contribution in [0.1, 0.15) is 19.3 Å². The van der Waals surface area contributed by atoms with Crippen molar-refractivity contribution in [3.8, 4) is 0 Å². The van der Waals surface area contributed by atoms with Crippen LogP contribution in [0.4, 0.5) is 0 Å². The summed E-state index contributed by atoms with van der Waals surface area (Å²) in [4.78, 5) is 17.6. The number of hydrogen-bond acceptors (Lipinski definition) is 5. The van der Waals surface area contributed by atoms with E-state index in [4.69, 9.17) is 14.5 Å². The van der Waals surface area contributed by atoms with Gasteiger partial charge >= 0.3 is 0 Å². The molecule has 1 aromatic carbocycles. The van der Waals surface area contributed by atoms with Crippen LogP contribution in [0.2, 0.25) is 0 Å². The predicted octanol–water partition coefficient (Wildman–Crippen LogP) is 3.47. The quantitative estimate of drug-likeness (QED) is 0.536. The topological polar surface area (TPSA) is 53.4 Å². The van der Waals surface area contributed by atoms with E-state index in [1.165, 1.54) is 6.42 Å². The van der Waals surface area contributed by atoms with Gasteiger partial charge in [-0.2, -0.15) is 0 Å². The highest BCUT2D eigenvalue weighted by atomic mass is 79.9. The van der Waals surface area contributed by atoms with Crippen LogP contribution in [-0.2, 0) is 16.0 Å². The van der Waals surface area contributed by atoms with Gasteiger partial charge < -0.3 is 9.47 Å². The number of benzene rings is 1. The first-order chi connectivity index (χ1) is 11.7. The van der Waals surface area contributed by atoms with Gasteiger partial charge in [-0.1, -0.05) is 27.7 Å². The second kappa shape index (κ2) is 8.47. The predicted molar refractivity (Wildman–Crippen MR) is 99.9 cm³/mol. The minimum Gasteiger partial charge on any atom is -0.383 e. The average Bonchev–Trinajstić information content (AvgIpc) is 2.61. The maximum absolute atomic E-state index is 12.9. The minimum absolute atomic E-state index is 0.0228. The molecule has 0 spiro atoms. The Kier molecular flexibility index (Phi) is 6.32. The van der Waals surface area contributed by atoms with Gasteiger partial charge in [0.15, 0.2) is 5.16 Å². The van der Waals surface area contributed by atoms with Gasteiger partial charge in [-0.25, -0.2) is 4.98 Å². The highest BCUT2D eigenvalue weighted by Gasteiger charge is 2.17. The summed E-state index contributed by atoms with van der Waals surface area (Å²) in [7, 11) is 1.64. The van der Waals surface area contributed by atoms with Gasteiger partial charge in [0.25, 0.3) is 5.56 Å². The molecule has 1 atom stereocenters. The van der Waals surface area contributed by atoms with Crippen molar-refractivity contribution in [1.82, 2.24) is 9.55 Å². The molecule has 2 heterocycles. The van der Waals surface area contributed by atoms with E-state index in [1.54, 1.807) is 23.4 Å². The number of halogens is 1. The van der Waals surface area contributed by atoms with E-state index in [0.29, 0.717) is 18.5 Å². The van der Waals surface area contributed by atoms with Gasteiger partial charge in [0, 0.05) is 23.9 Å². The fraction of sp³-hybridized carbons (Fsp3) is 0.529. The number of hydrogen-bond donors (Lipinski definition) is 0. The van der Waals surface area contributed by atoms with Gasteiger partial charge in [0.2, 0.25) is 0 Å². The van der Waals surface area contributed by atoms with E-state index in [0.717, 1.165) is 40.3 Å². The summed E-state index contributed by atoms with van der Waals surface area (Å²) in [5, 5.41) is 1.36. The molecule has 3 rings (SSSR count). The molecule has 0 aliphatic carbocycles. The van der Waals surface area contributed by atoms with Crippen molar-refractivity contribution in [3.63, 3.8) is 0 Å². The van der Waals surface area contributed by atoms with E-state index in [2.05, 4.69) is 15.9 Å². The van der Waals surface area contributed by atoms with E-state index >= 15 is 0 Å². The maximum atomic E-state index is 12.9. The normalized spacial score (nSPS) is 18.2. The monoisotopic (exact) mass is 412 g/mol. The van der Waals surface area contributed by atoms with Crippen LogP contribution in [0.3, 0.4) is 0 Å². The van der Waals surface area contributed by atoms with Crippen LogP contribution in [0.5, 0.6) is 0 Å². The van der Waals surface area contributed by atoms with Crippen LogP contribution in [0, 0.1) is 0 Å². The molecule has 0 amide bonds. The number of thioether (sulfide) groups is 1. The number of aromatic nitrogens is 2. The zero-order chi connectivity index (χ0) is 16.9. The molecule has 1 aromatic heterocycles. The first-order valence-corrected chi connectivity index (χ1v) is 9.90. The Morgan fingerprint density at radius 1 is 1.46 bits per heavy atom. The first-order valence-electron chi connectivity index (χ1n) is 8.12. The molecule has 2 aromatic rings. The Balaban J connectivity index is 1.91. The van der Waals surface area contributed by atoms with Gasteiger partial charge in [0.1, 0.15) is 0 Å². The third-order valence-corrected chi connectivity index (χ3v) is 5.67. The lowest BCUT2D eigenvalue weighted by Gasteiger charge is -2.22. The SMILES string of the molecule is COCCn1c(SC[C@@H]2CCCCO2)nc2ccc(Br)cc2c1=O. The Bertz CT molecular complexity index is 759. The lowest BCUT2D eigenvalue weighted by Crippen LogP contribution is -2.26. The molecule has 0 N–H and O–H groups in total. The van der Waals surface area contributed by atoms with E-state index in [-0.39, 0.29) is 11.7 Å². The van der Waals surface area contributed by atoms with Crippen LogP contribution >= 0.6 is 27.7 Å². The summed E-state index contributed by atoms with van der Waals surface area (Å²) in [6, 6.07) is 5.61. The van der Waals surface area contributed by atoms with E-state index in [9.17, 15) is 4.79 Å². The molecule has 0 unspecified atom stereocenters. The summed E-state index contributed by atoms with van der Waals surface area (Å²) >= 11 is 5.02. The molecule has 1 saturated heterocycles. The van der Waals surface area contributed by atoms with Crippen molar-refractivity contribution in [1.29, 1.82) is 0 Å². The average molecular weight is 413 g/mol. The Hall–Kier alpha value is -0.890. The zero-order valence-electron chi connectivity index (χ0n) is 13.7. The third-order valence-electron chi connectivity index (χ3n) is 4.07. The van der Waals surface area contributed by atoms with E-state index in [1.807, 2.05) is 18.2 Å². The van der Waals surface area contributed by atoms with Gasteiger partial charge in [-0.3, -0.25) is 9.36 Å². The van der Waals surface area contributed by atoms with Crippen molar-refractivity contribution in [2.24, 2.45) is 0 Å². The lowest BCUT2D eigenvalue weighted by molar-refractivity contribution is 0.0315. The van der Waals surface area contributed by atoms with Crippen molar-refractivity contribution in [3.05, 3.63) is 33.0 Å². The molecule has 5 nitrogen and oxygen atoms in total. The van der Waals surface area contributed by atoms with Crippen molar-refractivity contribution >= 4 is 38.6 Å². The fourth-order valence-corrected chi connectivity index (χ4v) is 4.22. The molecule has 0 saturated carbocycles. The second-order valence-corrected chi connectivity index (χ2v) is 7.71. The number of rotatable bonds is 6. The standard InChI is InChI=1S/C17H21BrN2O3S/c1-22-9-7-20-16(21)14-10-12(18)5-6-15(14)19-17(20)24-11-13-4-2-3-8-23-13/h5-6,10,13H,2-4,7-9,11H2,1H3/t13-/m0/s1. The second-order valence-electron chi connectivity index (χ2n) is 5.81. The Morgan fingerprint density at radius 2 is 2.33 bits per heavy atom. The fourth-order valence-electron chi connectivity index (χ4n) is 2.77. The number of methoxy groups -OCH3 is 1. The van der Waals surface area contributed by atoms with Crippen LogP contribution in [0.15, 0.2) is 32.6 Å². The molecule has 1 aliphatic rings. The maximum Gasteiger partial charge on any atom is 0.262 e. The smallest absolute Gasteiger partial charge is 0.262 e. The minimum atomic E-state index is -0.0228. The van der Waals surface area contributed by atoms with Gasteiger partial charge in [-0.15, -0.1) is 0 Å². The van der Waals surface area contributed by atoms with Crippen LogP contribution in [-0.4, -0.2) is 41.7 Å². The Labute approximate surface area is 153 Å². The third kappa shape index (κ3) is 4.20. The van der Waals surface area contributed by atoms with Gasteiger partial charge in [-0.05, 0) is 37.5 Å². The van der Waals surface area contributed by atoms with Crippen LogP contribution < -0.4 is 5.56 Å². The molecule has 1 aliphatic heterocycles. The summed E-state index contributed by atoms with van der Waals surface area (Å²) < 4.78 is 13.5. The van der Waals surface area contributed by atoms with Crippen molar-refractivity contribution < 1.29 is 9.47 Å². The number of fused-ring (bicyclic) bond motifs is 1. The molecular formula is C17H21BrN2O3S. The highest BCUT2D eigenvalue weighted by Crippen LogP contribution is 2.24. The molecule has 7 heteroatoms. The molecule has 24 heavy (non-hydrogen) atoms. The Morgan fingerprint density at radius 3 is 3.08 bits per heavy atom. The van der Waals surface area contributed by atoms with Crippen molar-refractivity contribution in [2.75, 3.05) is 26.1 Å². The summed E-state index contributed by atoms with van der Waals surface area (Å²) in [6.07, 6.45) is 3.68. The number of nitrogens with zero attached hydrogens (tertiary/aromatic N) is 2. The molecule has 1 fully saturated rings. The highest BCUT2D eigenvalue weighted by molar-refractivity contribution is 9.10. The van der Waals surface area contributed by atoms with Crippen molar-refractivity contribution in [2.45, 2.75) is 37.1 Å². The molecule has 0 radical (unpaired) electrons. The molecular weight excluding hydrogens is 392 g/mol. The van der Waals surface area contributed by atoms with Crippen LogP contribution in [0.25, 0.3) is 10.9 Å². The van der Waals surface area contributed by atoms with Gasteiger partial charge in [0.05, 0.1) is 30.2 Å². The summed E-state index contributed by atoms with van der Waals surface area (Å²) in [6.45, 7) is 1.81. The summed E-state index contributed by atoms with van der Waals surface area (Å²) in [5.41, 5.74) is 0.703. The summed E-state index contributed by atoms with van der Waals surface area (Å²) in [5.74, 6) is 0.821. The largest absolute Gasteiger partial charge is 0.383 e. The lowest BCUT2D eigenvalue weighted by atomic mass is 10.1. The molecule has 130 valence electrons. The molecule has 0 bridgehead atoms. The first kappa shape index (κ1) is 17.9. The van der Waals surface area contributed by atoms with E-state index < -0.39 is 0 Å².